The second-order valence-electron chi connectivity index (χ2n) is 13.2. The van der Waals surface area contributed by atoms with Crippen LogP contribution in [0.5, 0.6) is 0 Å². The number of nitrogens with two attached hydrogens (primary N) is 1. The molecule has 0 spiro atoms. The number of hydrogen-bond donors (Lipinski definition) is 2. The summed E-state index contributed by atoms with van der Waals surface area (Å²) in [5.74, 6) is -0.403. The Labute approximate surface area is 307 Å². The molecule has 1 saturated carbocycles. The van der Waals surface area contributed by atoms with Gasteiger partial charge in [0.2, 0.25) is 12.3 Å². The summed E-state index contributed by atoms with van der Waals surface area (Å²) in [6.07, 6.45) is 29.5. The molecule has 2 heterocycles. The van der Waals surface area contributed by atoms with Crippen LogP contribution in [-0.2, 0) is 20.9 Å². The minimum absolute atomic E-state index is 0.0578. The van der Waals surface area contributed by atoms with E-state index in [4.69, 9.17) is 10.5 Å². The number of piperazine rings is 1. The molecule has 1 aromatic heterocycles. The second kappa shape index (κ2) is 32.9. The number of aromatic nitrogens is 1. The summed E-state index contributed by atoms with van der Waals surface area (Å²) >= 11 is 0. The standard InChI is InChI=1S/C17H28N4O2.C10H16.C8H12.C5H11NO.C2H6/c1-14(17(18)22)10-16(23-2)13-21-8-6-20(7-9-21)12-15-4-3-5-19-11-15;1-2-3-4-7-10-8-5-6-9-10;1-3-5-7-8-6-4-2;1-5(2,3)6-4-7;1-2/h3-5,11,14,16H,6-10,12-13H2,1-2H3,(H2,18,22);3-4,7H,2,5-6,8-9H2,1H3;3-7H,1,8H2,2H3;4H,1-3H3,(H,6,7);1-2H3/b;4-3-;6-4-,7-5-;;. The molecule has 50 heavy (non-hydrogen) atoms. The third kappa shape index (κ3) is 29.6. The van der Waals surface area contributed by atoms with E-state index in [1.54, 1.807) is 25.0 Å². The number of ether oxygens (including phenoxy) is 1. The number of nitrogens with zero attached hydrogens (tertiary/aromatic N) is 3. The highest BCUT2D eigenvalue weighted by molar-refractivity contribution is 5.76. The molecule has 1 saturated heterocycles. The molecule has 1 aliphatic carbocycles. The fourth-order valence-electron chi connectivity index (χ4n) is 4.83. The molecular formula is C42H73N5O3. The Morgan fingerprint density at radius 1 is 1.08 bits per heavy atom. The second-order valence-corrected chi connectivity index (χ2v) is 13.2. The van der Waals surface area contributed by atoms with Gasteiger partial charge in [0, 0.05) is 70.2 Å². The number of allylic oxidation sites excluding steroid dienone is 9. The first-order chi connectivity index (χ1) is 24.0. The van der Waals surface area contributed by atoms with Gasteiger partial charge in [0.1, 0.15) is 0 Å². The molecule has 2 fully saturated rings. The largest absolute Gasteiger partial charge is 0.380 e. The third-order valence-corrected chi connectivity index (χ3v) is 7.71. The Bertz CT molecular complexity index is 1080. The molecule has 0 radical (unpaired) electrons. The van der Waals surface area contributed by atoms with E-state index in [9.17, 15) is 9.59 Å². The van der Waals surface area contributed by atoms with Gasteiger partial charge in [-0.15, -0.1) is 0 Å². The van der Waals surface area contributed by atoms with Gasteiger partial charge in [-0.3, -0.25) is 24.4 Å². The molecule has 1 aliphatic heterocycles. The van der Waals surface area contributed by atoms with Crippen LogP contribution in [0.3, 0.4) is 0 Å². The minimum atomic E-state index is -0.256. The van der Waals surface area contributed by atoms with E-state index in [0.29, 0.717) is 12.8 Å². The number of methoxy groups -OCH3 is 1. The molecule has 2 atom stereocenters. The van der Waals surface area contributed by atoms with E-state index in [0.717, 1.165) is 52.1 Å². The zero-order valence-electron chi connectivity index (χ0n) is 33.2. The van der Waals surface area contributed by atoms with Crippen LogP contribution in [0.1, 0.15) is 106 Å². The van der Waals surface area contributed by atoms with Gasteiger partial charge in [0.15, 0.2) is 0 Å². The van der Waals surface area contributed by atoms with Gasteiger partial charge < -0.3 is 15.8 Å². The van der Waals surface area contributed by atoms with E-state index in [-0.39, 0.29) is 23.5 Å². The monoisotopic (exact) mass is 696 g/mol. The summed E-state index contributed by atoms with van der Waals surface area (Å²) in [6.45, 7) is 25.3. The van der Waals surface area contributed by atoms with E-state index in [1.165, 1.54) is 31.2 Å². The van der Waals surface area contributed by atoms with Gasteiger partial charge in [0.25, 0.3) is 0 Å². The zero-order chi connectivity index (χ0) is 38.0. The number of hydrogen-bond acceptors (Lipinski definition) is 6. The summed E-state index contributed by atoms with van der Waals surface area (Å²) in [5.41, 5.74) is 8.17. The zero-order valence-corrected chi connectivity index (χ0v) is 33.2. The van der Waals surface area contributed by atoms with Crippen LogP contribution in [0.4, 0.5) is 0 Å². The fourth-order valence-corrected chi connectivity index (χ4v) is 4.83. The summed E-state index contributed by atoms with van der Waals surface area (Å²) in [4.78, 5) is 29.9. The maximum atomic E-state index is 11.2. The fraction of sp³-hybridized carbons (Fsp3) is 0.595. The molecule has 8 nitrogen and oxygen atoms in total. The van der Waals surface area contributed by atoms with Crippen molar-refractivity contribution in [2.24, 2.45) is 11.7 Å². The van der Waals surface area contributed by atoms with Gasteiger partial charge in [-0.2, -0.15) is 0 Å². The first kappa shape index (κ1) is 48.8. The summed E-state index contributed by atoms with van der Waals surface area (Å²) in [6, 6.07) is 4.10. The average molecular weight is 696 g/mol. The molecule has 1 aromatic rings. The molecule has 8 heteroatoms. The van der Waals surface area contributed by atoms with Crippen LogP contribution in [-0.4, -0.2) is 78.6 Å². The molecule has 0 aromatic carbocycles. The van der Waals surface area contributed by atoms with Crippen molar-refractivity contribution in [2.45, 2.75) is 119 Å². The van der Waals surface area contributed by atoms with E-state index in [2.05, 4.69) is 70.0 Å². The van der Waals surface area contributed by atoms with Crippen LogP contribution in [0.15, 0.2) is 85.3 Å². The topological polar surface area (TPSA) is 101 Å². The average Bonchev–Trinajstić information content (AvgIpc) is 3.63. The Kier molecular flexibility index (Phi) is 32.1. The summed E-state index contributed by atoms with van der Waals surface area (Å²) in [7, 11) is 1.71. The number of nitrogens with one attached hydrogen (secondary N) is 1. The predicted octanol–water partition coefficient (Wildman–Crippen LogP) is 8.43. The van der Waals surface area contributed by atoms with Gasteiger partial charge in [-0.05, 0) is 84.3 Å². The highest BCUT2D eigenvalue weighted by Gasteiger charge is 2.22. The molecule has 2 unspecified atom stereocenters. The maximum absolute atomic E-state index is 11.2. The highest BCUT2D eigenvalue weighted by atomic mass is 16.5. The van der Waals surface area contributed by atoms with Crippen LogP contribution < -0.4 is 11.1 Å². The third-order valence-electron chi connectivity index (χ3n) is 7.71. The predicted molar refractivity (Wildman–Crippen MR) is 215 cm³/mol. The smallest absolute Gasteiger partial charge is 0.220 e. The maximum Gasteiger partial charge on any atom is 0.220 e. The van der Waals surface area contributed by atoms with Crippen LogP contribution in [0, 0.1) is 5.92 Å². The van der Waals surface area contributed by atoms with Crippen molar-refractivity contribution in [3.8, 4) is 0 Å². The minimum Gasteiger partial charge on any atom is -0.380 e. The van der Waals surface area contributed by atoms with Crippen LogP contribution in [0.25, 0.3) is 0 Å². The molecule has 2 amide bonds. The van der Waals surface area contributed by atoms with Crippen molar-refractivity contribution in [3.05, 3.63) is 90.9 Å². The number of primary amides is 1. The number of pyridine rings is 1. The Hall–Kier alpha value is -3.33. The quantitative estimate of drug-likeness (QED) is 0.115. The lowest BCUT2D eigenvalue weighted by atomic mass is 10.0. The summed E-state index contributed by atoms with van der Waals surface area (Å²) < 4.78 is 5.53. The SMILES string of the molecule is C=C/C=C\C/C=C\C.CC.CC(C)(C)NC=O.CC/C=C\C=C1CCCC1.COC(CC(C)C(N)=O)CN1CCN(Cc2cccnc2)CC1. The van der Waals surface area contributed by atoms with Crippen LogP contribution in [0.2, 0.25) is 0 Å². The number of carbonyl (C=O) groups is 2. The Morgan fingerprint density at radius 3 is 2.18 bits per heavy atom. The number of amides is 2. The van der Waals surface area contributed by atoms with Crippen molar-refractivity contribution in [3.63, 3.8) is 0 Å². The molecule has 3 N–H and O–H groups in total. The Morgan fingerprint density at radius 2 is 1.72 bits per heavy atom. The lowest BCUT2D eigenvalue weighted by Gasteiger charge is -2.36. The Balaban J connectivity index is 0. The van der Waals surface area contributed by atoms with Crippen molar-refractivity contribution in [1.29, 1.82) is 0 Å². The summed E-state index contributed by atoms with van der Waals surface area (Å²) in [5, 5.41) is 2.60. The van der Waals surface area contributed by atoms with Gasteiger partial charge >= 0.3 is 0 Å². The van der Waals surface area contributed by atoms with Crippen LogP contribution >= 0.6 is 0 Å². The lowest BCUT2D eigenvalue weighted by Crippen LogP contribution is -2.48. The normalized spacial score (nSPS) is 16.1. The first-order valence-corrected chi connectivity index (χ1v) is 18.6. The van der Waals surface area contributed by atoms with Crippen molar-refractivity contribution in [1.82, 2.24) is 20.1 Å². The number of carbonyl (C=O) groups excluding carboxylic acids is 2. The molecule has 3 rings (SSSR count). The van der Waals surface area contributed by atoms with E-state index >= 15 is 0 Å². The molecule has 284 valence electrons. The number of rotatable bonds is 14. The van der Waals surface area contributed by atoms with E-state index in [1.807, 2.05) is 72.9 Å². The van der Waals surface area contributed by atoms with Crippen molar-refractivity contribution in [2.75, 3.05) is 39.8 Å². The first-order valence-electron chi connectivity index (χ1n) is 18.6. The highest BCUT2D eigenvalue weighted by Crippen LogP contribution is 2.23. The molecule has 0 bridgehead atoms. The molecule has 2 aliphatic rings. The van der Waals surface area contributed by atoms with E-state index < -0.39 is 0 Å². The van der Waals surface area contributed by atoms with Gasteiger partial charge in [0.05, 0.1) is 6.10 Å². The van der Waals surface area contributed by atoms with Crippen molar-refractivity contribution < 1.29 is 14.3 Å². The van der Waals surface area contributed by atoms with Crippen molar-refractivity contribution >= 4 is 12.3 Å². The van der Waals surface area contributed by atoms with Gasteiger partial charge in [-0.1, -0.05) is 94.5 Å². The van der Waals surface area contributed by atoms with Gasteiger partial charge in [-0.25, -0.2) is 0 Å². The lowest BCUT2D eigenvalue weighted by molar-refractivity contribution is -0.122. The molecular weight excluding hydrogens is 622 g/mol.